The number of aliphatic hydroxyl groups is 1. The number of aliphatic hydroxyl groups excluding tert-OH is 1. The van der Waals surface area contributed by atoms with Crippen LogP contribution in [0.25, 0.3) is 0 Å². The Morgan fingerprint density at radius 3 is 0.815 bits per heavy atom. The van der Waals surface area contributed by atoms with E-state index in [9.17, 15) is 43.2 Å². The summed E-state index contributed by atoms with van der Waals surface area (Å²) in [6, 6.07) is 0. The van der Waals surface area contributed by atoms with Crippen molar-refractivity contribution in [3.63, 3.8) is 0 Å². The Labute approximate surface area is 654 Å². The van der Waals surface area contributed by atoms with Crippen LogP contribution in [-0.4, -0.2) is 96.7 Å². The van der Waals surface area contributed by atoms with Gasteiger partial charge in [-0.3, -0.25) is 37.3 Å². The number of rotatable bonds is 76. The molecule has 0 aromatic carbocycles. The second kappa shape index (κ2) is 79.5. The van der Waals surface area contributed by atoms with Gasteiger partial charge in [0.2, 0.25) is 0 Å². The highest BCUT2D eigenvalue weighted by Crippen LogP contribution is 2.45. The first-order valence-electron chi connectivity index (χ1n) is 41.4. The molecule has 0 saturated carbocycles. The standard InChI is InChI=1S/C89H146O17P2/c1-5-9-13-17-21-25-29-33-37-39-41-43-47-49-53-57-61-65-69-73-86(91)99-79-84(105-88(93)75-71-67-63-59-55-51-45-35-31-27-23-19-15-11-7-3)81-103-107(95,96)101-77-83(90)78-102-108(97,98)104-82-85(106-89(94)76-72-68-64-60-56-52-46-36-32-28-24-20-16-12-8-4)80-100-87(92)74-70-66-62-58-54-50-48-44-42-40-38-34-30-26-22-18-14-10-6-2/h9-11,13-15,21-23,25-27,33-35,37-38,41-45,49,53,55,59,61,65,83-85,90H,5-8,12,16-20,24,28-32,36,39-40,46-48,50-52,54,56-58,60,62-64,66-82H2,1-4H3,(H,95,96)(H,97,98)/b13-9-,14-10-,15-11-,25-21-,26-22-,27-23-,37-33-,38-34-,43-41-,44-42-,45-35-,53-49-,59-55-,65-61-. The molecule has 0 heterocycles. The van der Waals surface area contributed by atoms with Gasteiger partial charge in [-0.1, -0.05) is 313 Å². The second-order valence-corrected chi connectivity index (χ2v) is 29.8. The molecule has 19 heteroatoms. The van der Waals surface area contributed by atoms with Gasteiger partial charge < -0.3 is 33.8 Å². The van der Waals surface area contributed by atoms with Crippen molar-refractivity contribution in [3.8, 4) is 0 Å². The molecule has 0 aromatic rings. The van der Waals surface area contributed by atoms with Crippen molar-refractivity contribution in [2.24, 2.45) is 0 Å². The smallest absolute Gasteiger partial charge is 0.462 e. The molecule has 0 fully saturated rings. The van der Waals surface area contributed by atoms with E-state index < -0.39 is 97.5 Å². The van der Waals surface area contributed by atoms with Crippen LogP contribution in [0.2, 0.25) is 0 Å². The fourth-order valence-electron chi connectivity index (χ4n) is 10.5. The van der Waals surface area contributed by atoms with Gasteiger partial charge >= 0.3 is 39.5 Å². The molecule has 5 atom stereocenters. The largest absolute Gasteiger partial charge is 0.472 e. The van der Waals surface area contributed by atoms with E-state index in [1.165, 1.54) is 64.2 Å². The second-order valence-electron chi connectivity index (χ2n) is 26.9. The summed E-state index contributed by atoms with van der Waals surface area (Å²) >= 11 is 0. The molecule has 614 valence electrons. The highest BCUT2D eigenvalue weighted by Gasteiger charge is 2.30. The topological polar surface area (TPSA) is 237 Å². The van der Waals surface area contributed by atoms with Crippen LogP contribution >= 0.6 is 15.6 Å². The van der Waals surface area contributed by atoms with E-state index in [4.69, 9.17) is 37.0 Å². The third-order valence-electron chi connectivity index (χ3n) is 16.7. The van der Waals surface area contributed by atoms with Gasteiger partial charge in [0.05, 0.1) is 26.4 Å². The number of hydrogen-bond acceptors (Lipinski definition) is 15. The first kappa shape index (κ1) is 102. The molecule has 0 amide bonds. The number of unbranched alkanes of at least 4 members (excludes halogenated alkanes) is 22. The molecular weight excluding hydrogens is 1400 g/mol. The fourth-order valence-corrected chi connectivity index (χ4v) is 12.1. The number of phosphoric acid groups is 2. The van der Waals surface area contributed by atoms with Gasteiger partial charge in [0.25, 0.3) is 0 Å². The lowest BCUT2D eigenvalue weighted by Gasteiger charge is -2.21. The van der Waals surface area contributed by atoms with E-state index in [-0.39, 0.29) is 25.7 Å². The van der Waals surface area contributed by atoms with Crippen molar-refractivity contribution in [1.29, 1.82) is 0 Å². The van der Waals surface area contributed by atoms with Crippen LogP contribution in [0.4, 0.5) is 0 Å². The number of allylic oxidation sites excluding steroid dienone is 28. The summed E-state index contributed by atoms with van der Waals surface area (Å²) in [7, 11) is -10.0. The predicted octanol–water partition coefficient (Wildman–Crippen LogP) is 24.6. The first-order chi connectivity index (χ1) is 52.7. The fraction of sp³-hybridized carbons (Fsp3) is 0.640. The molecule has 0 radical (unpaired) electrons. The van der Waals surface area contributed by atoms with Crippen molar-refractivity contribution < 1.29 is 80.2 Å². The van der Waals surface area contributed by atoms with Crippen LogP contribution in [0.15, 0.2) is 170 Å². The Morgan fingerprint density at radius 1 is 0.269 bits per heavy atom. The molecule has 0 bridgehead atoms. The van der Waals surface area contributed by atoms with Crippen LogP contribution in [0, 0.1) is 0 Å². The van der Waals surface area contributed by atoms with Crippen LogP contribution in [0.1, 0.15) is 310 Å². The summed E-state index contributed by atoms with van der Waals surface area (Å²) in [6.07, 6.45) is 94.9. The Kier molecular flexibility index (Phi) is 75.4. The van der Waals surface area contributed by atoms with Gasteiger partial charge in [0.1, 0.15) is 19.3 Å². The molecule has 0 aliphatic rings. The van der Waals surface area contributed by atoms with Crippen LogP contribution in [0.5, 0.6) is 0 Å². The summed E-state index contributed by atoms with van der Waals surface area (Å²) in [5.74, 6) is -2.34. The minimum Gasteiger partial charge on any atom is -0.462 e. The lowest BCUT2D eigenvalue weighted by molar-refractivity contribution is -0.161. The van der Waals surface area contributed by atoms with Crippen LogP contribution in [-0.2, 0) is 65.4 Å². The van der Waals surface area contributed by atoms with E-state index >= 15 is 0 Å². The zero-order valence-electron chi connectivity index (χ0n) is 67.2. The zero-order chi connectivity index (χ0) is 78.9. The number of esters is 4. The Hall–Kier alpha value is -5.58. The third kappa shape index (κ3) is 78.5. The molecule has 17 nitrogen and oxygen atoms in total. The summed E-state index contributed by atoms with van der Waals surface area (Å²) < 4.78 is 68.6. The van der Waals surface area contributed by atoms with Crippen LogP contribution < -0.4 is 0 Å². The predicted molar refractivity (Wildman–Crippen MR) is 445 cm³/mol. The minimum absolute atomic E-state index is 0.0211. The van der Waals surface area contributed by atoms with E-state index in [0.717, 1.165) is 154 Å². The van der Waals surface area contributed by atoms with Gasteiger partial charge in [0.15, 0.2) is 12.2 Å². The monoisotopic (exact) mass is 1550 g/mol. The number of phosphoric ester groups is 2. The number of carbonyl (C=O) groups excluding carboxylic acids is 4. The van der Waals surface area contributed by atoms with Gasteiger partial charge in [-0.05, 0) is 141 Å². The van der Waals surface area contributed by atoms with E-state index in [2.05, 4.69) is 180 Å². The Morgan fingerprint density at radius 2 is 0.500 bits per heavy atom. The lowest BCUT2D eigenvalue weighted by Crippen LogP contribution is -2.30. The van der Waals surface area contributed by atoms with Crippen molar-refractivity contribution >= 4 is 39.5 Å². The number of ether oxygens (including phenoxy) is 4. The normalized spacial score (nSPS) is 14.7. The maximum absolute atomic E-state index is 13.1. The molecule has 0 spiro atoms. The van der Waals surface area contributed by atoms with Gasteiger partial charge in [-0.2, -0.15) is 0 Å². The molecule has 0 aliphatic carbocycles. The molecule has 0 saturated heterocycles. The van der Waals surface area contributed by atoms with Gasteiger partial charge in [-0.25, -0.2) is 9.13 Å². The molecule has 5 unspecified atom stereocenters. The Bertz CT molecular complexity index is 2710. The maximum Gasteiger partial charge on any atom is 0.472 e. The van der Waals surface area contributed by atoms with E-state index in [0.29, 0.717) is 38.5 Å². The van der Waals surface area contributed by atoms with Crippen molar-refractivity contribution in [1.82, 2.24) is 0 Å². The average Bonchev–Trinajstić information content (AvgIpc) is 0.923. The quantitative estimate of drug-likeness (QED) is 0.0169. The average molecular weight is 1550 g/mol. The third-order valence-corrected chi connectivity index (χ3v) is 18.6. The molecular formula is C89H146O17P2. The van der Waals surface area contributed by atoms with Crippen molar-refractivity contribution in [3.05, 3.63) is 170 Å². The summed E-state index contributed by atoms with van der Waals surface area (Å²) in [5, 5.41) is 10.7. The van der Waals surface area contributed by atoms with Gasteiger partial charge in [0, 0.05) is 25.7 Å². The molecule has 3 N–H and O–H groups in total. The minimum atomic E-state index is -5.01. The molecule has 0 aromatic heterocycles. The zero-order valence-corrected chi connectivity index (χ0v) is 69.0. The number of carbonyl (C=O) groups is 4. The Balaban J connectivity index is 5.47. The van der Waals surface area contributed by atoms with Crippen molar-refractivity contribution in [2.45, 2.75) is 329 Å². The van der Waals surface area contributed by atoms with Gasteiger partial charge in [-0.15, -0.1) is 0 Å². The van der Waals surface area contributed by atoms with E-state index in [1.807, 2.05) is 18.2 Å². The summed E-state index contributed by atoms with van der Waals surface area (Å²) in [6.45, 7) is 4.40. The molecule has 0 aliphatic heterocycles. The lowest BCUT2D eigenvalue weighted by atomic mass is 10.0. The number of hydrogen-bond donors (Lipinski definition) is 3. The summed E-state index contributed by atoms with van der Waals surface area (Å²) in [4.78, 5) is 73.1. The SMILES string of the molecule is CC/C=C\C/C=C\C/C=C\C/C=C\C/C=C\C/C=C\CCC(=O)OCC(COP(=O)(O)OCC(O)COP(=O)(O)OCC(COC(=O)CCCCCCCC/C=C\C/C=C\C/C=C\C/C=C\CC)OC(=O)CCCCCCCCCCCCCCCCC)OC(=O)CCCC/C=C\C/C=C\C/C=C\C/C=C\CC. The maximum atomic E-state index is 13.1. The molecule has 0 rings (SSSR count). The van der Waals surface area contributed by atoms with Crippen LogP contribution in [0.3, 0.4) is 0 Å². The van der Waals surface area contributed by atoms with Crippen molar-refractivity contribution in [2.75, 3.05) is 39.6 Å². The highest BCUT2D eigenvalue weighted by molar-refractivity contribution is 7.47. The summed E-state index contributed by atoms with van der Waals surface area (Å²) in [5.41, 5.74) is 0. The highest BCUT2D eigenvalue weighted by atomic mass is 31.2. The molecule has 108 heavy (non-hydrogen) atoms. The first-order valence-corrected chi connectivity index (χ1v) is 44.4. The van der Waals surface area contributed by atoms with E-state index in [1.54, 1.807) is 0 Å².